The molecule has 34 heavy (non-hydrogen) atoms. The summed E-state index contributed by atoms with van der Waals surface area (Å²) in [7, 11) is 0. The molecule has 6 N–H and O–H groups in total. The molecule has 3 aromatic rings. The standard InChI is InChI=1S/C26H30N4O3S/c27-26(28)29-15-7-12-21(25(32)33)30-24(31)23-14-13-22(34-23)20(16-18-8-3-1-4-9-18)17-19-10-5-2-6-11-19/h1-6,8-11,13-14,20-21H,7,12,15-17H2,(H,30,31)(H,32,33)(H4,27,28,29)/t21-/m0/s1. The summed E-state index contributed by atoms with van der Waals surface area (Å²) in [6, 6.07) is 23.3. The summed E-state index contributed by atoms with van der Waals surface area (Å²) in [6.45, 7) is 0.311. The summed E-state index contributed by atoms with van der Waals surface area (Å²) in [5.74, 6) is -1.31. The second-order valence-corrected chi connectivity index (χ2v) is 9.21. The van der Waals surface area contributed by atoms with Gasteiger partial charge in [0.1, 0.15) is 6.04 Å². The van der Waals surface area contributed by atoms with E-state index in [-0.39, 0.29) is 24.2 Å². The second kappa shape index (κ2) is 12.6. The molecule has 0 aliphatic rings. The fraction of sp³-hybridized carbons (Fsp3) is 0.269. The summed E-state index contributed by atoms with van der Waals surface area (Å²) in [4.78, 5) is 29.9. The molecule has 1 heterocycles. The van der Waals surface area contributed by atoms with E-state index < -0.39 is 12.0 Å². The minimum Gasteiger partial charge on any atom is -0.480 e. The predicted octanol–water partition coefficient (Wildman–Crippen LogP) is 3.55. The van der Waals surface area contributed by atoms with Crippen molar-refractivity contribution < 1.29 is 14.7 Å². The van der Waals surface area contributed by atoms with E-state index in [0.29, 0.717) is 17.8 Å². The molecule has 0 saturated heterocycles. The Balaban J connectivity index is 1.71. The van der Waals surface area contributed by atoms with Gasteiger partial charge in [-0.15, -0.1) is 11.3 Å². The van der Waals surface area contributed by atoms with Gasteiger partial charge in [0.2, 0.25) is 0 Å². The molecular formula is C26H30N4O3S. The number of nitrogens with zero attached hydrogens (tertiary/aromatic N) is 1. The maximum absolute atomic E-state index is 12.8. The minimum absolute atomic E-state index is 0.0393. The smallest absolute Gasteiger partial charge is 0.326 e. The predicted molar refractivity (Wildman–Crippen MR) is 136 cm³/mol. The molecule has 7 nitrogen and oxygen atoms in total. The van der Waals surface area contributed by atoms with Crippen molar-refractivity contribution >= 4 is 29.2 Å². The molecule has 0 spiro atoms. The molecule has 3 rings (SSSR count). The molecule has 0 saturated carbocycles. The normalized spacial score (nSPS) is 11.7. The van der Waals surface area contributed by atoms with Crippen LogP contribution in [-0.2, 0) is 17.6 Å². The highest BCUT2D eigenvalue weighted by atomic mass is 32.1. The van der Waals surface area contributed by atoms with E-state index in [1.165, 1.54) is 22.5 Å². The third kappa shape index (κ3) is 7.74. The summed E-state index contributed by atoms with van der Waals surface area (Å²) < 4.78 is 0. The average molecular weight is 479 g/mol. The summed E-state index contributed by atoms with van der Waals surface area (Å²) in [5.41, 5.74) is 13.0. The molecule has 0 unspecified atom stereocenters. The molecule has 1 amide bonds. The fourth-order valence-electron chi connectivity index (χ4n) is 3.76. The largest absolute Gasteiger partial charge is 0.480 e. The number of nitrogens with one attached hydrogen (secondary N) is 1. The molecule has 1 aromatic heterocycles. The number of rotatable bonds is 12. The van der Waals surface area contributed by atoms with Crippen LogP contribution >= 0.6 is 11.3 Å². The Morgan fingerprint density at radius 1 is 0.912 bits per heavy atom. The molecule has 178 valence electrons. The number of aliphatic imine (C=N–C) groups is 1. The van der Waals surface area contributed by atoms with Crippen molar-refractivity contribution in [1.82, 2.24) is 5.32 Å². The van der Waals surface area contributed by atoms with Crippen LogP contribution in [0.1, 0.15) is 44.4 Å². The van der Waals surface area contributed by atoms with Crippen LogP contribution in [0, 0.1) is 0 Å². The van der Waals surface area contributed by atoms with Gasteiger partial charge in [0.05, 0.1) is 4.88 Å². The molecule has 0 radical (unpaired) electrons. The third-order valence-corrected chi connectivity index (χ3v) is 6.70. The summed E-state index contributed by atoms with van der Waals surface area (Å²) in [5, 5.41) is 12.1. The van der Waals surface area contributed by atoms with E-state index in [9.17, 15) is 14.7 Å². The molecule has 2 aromatic carbocycles. The van der Waals surface area contributed by atoms with Gasteiger partial charge in [0.15, 0.2) is 5.96 Å². The van der Waals surface area contributed by atoms with Gasteiger partial charge in [-0.3, -0.25) is 9.79 Å². The monoisotopic (exact) mass is 478 g/mol. The first kappa shape index (κ1) is 25.0. The average Bonchev–Trinajstić information content (AvgIpc) is 3.32. The number of amides is 1. The summed E-state index contributed by atoms with van der Waals surface area (Å²) in [6.07, 6.45) is 2.38. The number of hydrogen-bond donors (Lipinski definition) is 4. The lowest BCUT2D eigenvalue weighted by Gasteiger charge is -2.16. The topological polar surface area (TPSA) is 131 Å². The van der Waals surface area contributed by atoms with Crippen LogP contribution in [-0.4, -0.2) is 35.5 Å². The molecular weight excluding hydrogens is 448 g/mol. The van der Waals surface area contributed by atoms with Gasteiger partial charge < -0.3 is 21.9 Å². The van der Waals surface area contributed by atoms with Crippen LogP contribution in [0.15, 0.2) is 77.8 Å². The number of carbonyl (C=O) groups excluding carboxylic acids is 1. The number of thiophene rings is 1. The van der Waals surface area contributed by atoms with Crippen LogP contribution in [0.2, 0.25) is 0 Å². The van der Waals surface area contributed by atoms with Gasteiger partial charge in [-0.05, 0) is 48.9 Å². The van der Waals surface area contributed by atoms with E-state index in [1.807, 2.05) is 42.5 Å². The molecule has 0 aliphatic carbocycles. The first-order valence-corrected chi connectivity index (χ1v) is 12.0. The van der Waals surface area contributed by atoms with Crippen molar-refractivity contribution in [2.75, 3.05) is 6.54 Å². The Bertz CT molecular complexity index is 1050. The molecule has 1 atom stereocenters. The van der Waals surface area contributed by atoms with Gasteiger partial charge in [0, 0.05) is 17.3 Å². The SMILES string of the molecule is NC(N)=NCCC[C@H](NC(=O)c1ccc(C(Cc2ccccc2)Cc2ccccc2)s1)C(=O)O. The lowest BCUT2D eigenvalue weighted by molar-refractivity contribution is -0.139. The van der Waals surface area contributed by atoms with Crippen LogP contribution in [0.3, 0.4) is 0 Å². The van der Waals surface area contributed by atoms with Crippen LogP contribution in [0.4, 0.5) is 0 Å². The van der Waals surface area contributed by atoms with E-state index >= 15 is 0 Å². The van der Waals surface area contributed by atoms with E-state index in [2.05, 4.69) is 34.6 Å². The Kier molecular flexibility index (Phi) is 9.22. The zero-order valence-electron chi connectivity index (χ0n) is 18.9. The number of aliphatic carboxylic acids is 1. The highest BCUT2D eigenvalue weighted by Crippen LogP contribution is 2.31. The van der Waals surface area contributed by atoms with Gasteiger partial charge >= 0.3 is 5.97 Å². The van der Waals surface area contributed by atoms with Gasteiger partial charge in [-0.25, -0.2) is 4.79 Å². The molecule has 0 bridgehead atoms. The second-order valence-electron chi connectivity index (χ2n) is 8.09. The lowest BCUT2D eigenvalue weighted by Crippen LogP contribution is -2.40. The van der Waals surface area contributed by atoms with E-state index in [4.69, 9.17) is 11.5 Å². The molecule has 0 fully saturated rings. The zero-order chi connectivity index (χ0) is 24.3. The molecule has 8 heteroatoms. The highest BCUT2D eigenvalue weighted by molar-refractivity contribution is 7.14. The Labute approximate surface area is 203 Å². The Hall–Kier alpha value is -3.65. The van der Waals surface area contributed by atoms with Crippen molar-refractivity contribution in [3.05, 3.63) is 93.7 Å². The lowest BCUT2D eigenvalue weighted by atomic mass is 9.91. The summed E-state index contributed by atoms with van der Waals surface area (Å²) >= 11 is 1.41. The van der Waals surface area contributed by atoms with Gasteiger partial charge in [-0.1, -0.05) is 60.7 Å². The quantitative estimate of drug-likeness (QED) is 0.180. The van der Waals surface area contributed by atoms with E-state index in [0.717, 1.165) is 17.7 Å². The van der Waals surface area contributed by atoms with Crippen molar-refractivity contribution in [2.45, 2.75) is 37.6 Å². The number of guanidine groups is 1. The van der Waals surface area contributed by atoms with Crippen molar-refractivity contribution in [1.29, 1.82) is 0 Å². The number of nitrogens with two attached hydrogens (primary N) is 2. The third-order valence-electron chi connectivity index (χ3n) is 5.45. The first-order valence-electron chi connectivity index (χ1n) is 11.2. The fourth-order valence-corrected chi connectivity index (χ4v) is 4.77. The van der Waals surface area contributed by atoms with Crippen LogP contribution in [0.25, 0.3) is 0 Å². The van der Waals surface area contributed by atoms with E-state index in [1.54, 1.807) is 6.07 Å². The Morgan fingerprint density at radius 3 is 2.03 bits per heavy atom. The molecule has 0 aliphatic heterocycles. The van der Waals surface area contributed by atoms with Crippen molar-refractivity contribution in [2.24, 2.45) is 16.5 Å². The Morgan fingerprint density at radius 2 is 1.50 bits per heavy atom. The number of carboxylic acids is 1. The van der Waals surface area contributed by atoms with Crippen molar-refractivity contribution in [3.8, 4) is 0 Å². The number of carbonyl (C=O) groups is 2. The van der Waals surface area contributed by atoms with Crippen molar-refractivity contribution in [3.63, 3.8) is 0 Å². The highest BCUT2D eigenvalue weighted by Gasteiger charge is 2.23. The van der Waals surface area contributed by atoms with Gasteiger partial charge in [-0.2, -0.15) is 0 Å². The zero-order valence-corrected chi connectivity index (χ0v) is 19.7. The number of hydrogen-bond acceptors (Lipinski definition) is 4. The van der Waals surface area contributed by atoms with Crippen LogP contribution in [0.5, 0.6) is 0 Å². The first-order chi connectivity index (χ1) is 16.4. The van der Waals surface area contributed by atoms with Gasteiger partial charge in [0.25, 0.3) is 5.91 Å². The maximum Gasteiger partial charge on any atom is 0.326 e. The minimum atomic E-state index is -1.08. The van der Waals surface area contributed by atoms with Crippen LogP contribution < -0.4 is 16.8 Å². The number of carboxylic acid groups (broad SMARTS) is 1. The number of benzene rings is 2. The maximum atomic E-state index is 12.8.